The first-order valence-electron chi connectivity index (χ1n) is 9.78. The summed E-state index contributed by atoms with van der Waals surface area (Å²) in [7, 11) is -4.63. The molecule has 12 heteroatoms. The monoisotopic (exact) mass is 470 g/mol. The number of nitrogens with zero attached hydrogens (tertiary/aromatic N) is 4. The van der Waals surface area contributed by atoms with Crippen molar-refractivity contribution in [3.05, 3.63) is 84.1 Å². The van der Waals surface area contributed by atoms with Crippen LogP contribution in [0.25, 0.3) is 11.3 Å². The van der Waals surface area contributed by atoms with Gasteiger partial charge in [0.2, 0.25) is 12.6 Å². The van der Waals surface area contributed by atoms with Gasteiger partial charge in [-0.1, -0.05) is 17.3 Å². The Morgan fingerprint density at radius 1 is 1.12 bits per heavy atom. The molecule has 0 fully saturated rings. The molecule has 0 aliphatic carbocycles. The van der Waals surface area contributed by atoms with E-state index in [2.05, 4.69) is 19.6 Å². The van der Waals surface area contributed by atoms with Crippen LogP contribution in [0.4, 0.5) is 5.82 Å². The second-order valence-electron chi connectivity index (χ2n) is 7.04. The van der Waals surface area contributed by atoms with Crippen LogP contribution in [0, 0.1) is 0 Å². The maximum absolute atomic E-state index is 10.9. The van der Waals surface area contributed by atoms with Crippen LogP contribution in [0.15, 0.2) is 71.8 Å². The molecule has 0 amide bonds. The van der Waals surface area contributed by atoms with Crippen LogP contribution in [0.2, 0.25) is 0 Å². The molecule has 4 N–H and O–H groups in total. The Bertz CT molecular complexity index is 1260. The number of rotatable bonds is 9. The zero-order valence-corrected chi connectivity index (χ0v) is 18.2. The molecule has 11 nitrogen and oxygen atoms in total. The Morgan fingerprint density at radius 2 is 2.00 bits per heavy atom. The van der Waals surface area contributed by atoms with Gasteiger partial charge in [-0.2, -0.15) is 0 Å². The highest BCUT2D eigenvalue weighted by atomic mass is 31.2. The second-order valence-corrected chi connectivity index (χ2v) is 8.28. The van der Waals surface area contributed by atoms with Crippen molar-refractivity contribution >= 4 is 13.6 Å². The fourth-order valence-electron chi connectivity index (χ4n) is 2.99. The maximum Gasteiger partial charge on any atom is 0.472 e. The van der Waals surface area contributed by atoms with Crippen molar-refractivity contribution in [3.63, 3.8) is 0 Å². The first-order chi connectivity index (χ1) is 15.9. The Kier molecular flexibility index (Phi) is 6.76. The summed E-state index contributed by atoms with van der Waals surface area (Å²) < 4.78 is 27.9. The molecule has 0 saturated carbocycles. The molecule has 170 valence electrons. The van der Waals surface area contributed by atoms with E-state index in [4.69, 9.17) is 24.8 Å². The number of nitrogen functional groups attached to an aromatic ring is 1. The molecular formula is C21H21N5O6P+. The van der Waals surface area contributed by atoms with Crippen molar-refractivity contribution in [3.8, 4) is 17.2 Å². The summed E-state index contributed by atoms with van der Waals surface area (Å²) in [4.78, 5) is 26.1. The SMILES string of the molecule is Nc1c(-c2cc(Cc3ccc(OCc4cccnc4)nc3)no2)ccc[n+]1COP(=O)(O)O. The third-order valence-electron chi connectivity index (χ3n) is 4.60. The van der Waals surface area contributed by atoms with Crippen LogP contribution >= 0.6 is 7.82 Å². The van der Waals surface area contributed by atoms with Crippen LogP contribution < -0.4 is 15.0 Å². The van der Waals surface area contributed by atoms with Crippen molar-refractivity contribution in [2.45, 2.75) is 19.8 Å². The van der Waals surface area contributed by atoms with Gasteiger partial charge in [0.1, 0.15) is 12.2 Å². The van der Waals surface area contributed by atoms with Gasteiger partial charge in [-0.05, 0) is 23.8 Å². The summed E-state index contributed by atoms with van der Waals surface area (Å²) in [6, 6.07) is 12.6. The fraction of sp³-hybridized carbons (Fsp3) is 0.143. The molecular weight excluding hydrogens is 449 g/mol. The van der Waals surface area contributed by atoms with Gasteiger partial charge >= 0.3 is 7.82 Å². The number of hydrogen-bond donors (Lipinski definition) is 3. The van der Waals surface area contributed by atoms with Gasteiger partial charge in [0.25, 0.3) is 5.82 Å². The van der Waals surface area contributed by atoms with E-state index >= 15 is 0 Å². The Hall–Kier alpha value is -3.63. The normalized spacial score (nSPS) is 11.5. The topological polar surface area (TPSA) is 158 Å². The molecule has 0 unspecified atom stereocenters. The highest BCUT2D eigenvalue weighted by Gasteiger charge is 2.20. The summed E-state index contributed by atoms with van der Waals surface area (Å²) in [5.74, 6) is 1.13. The number of hydrogen-bond acceptors (Lipinski definition) is 8. The minimum atomic E-state index is -4.63. The molecule has 4 aromatic heterocycles. The highest BCUT2D eigenvalue weighted by molar-refractivity contribution is 7.46. The number of phosphoric ester groups is 1. The fourth-order valence-corrected chi connectivity index (χ4v) is 3.27. The van der Waals surface area contributed by atoms with Gasteiger partial charge in [0.15, 0.2) is 5.76 Å². The first kappa shape index (κ1) is 22.6. The van der Waals surface area contributed by atoms with Crippen molar-refractivity contribution in [2.24, 2.45) is 0 Å². The van der Waals surface area contributed by atoms with Crippen molar-refractivity contribution < 1.29 is 32.7 Å². The molecule has 0 saturated heterocycles. The quantitative estimate of drug-likeness (QED) is 0.245. The van der Waals surface area contributed by atoms with Gasteiger partial charge in [0.05, 0.1) is 11.9 Å². The van der Waals surface area contributed by atoms with E-state index in [1.807, 2.05) is 18.2 Å². The van der Waals surface area contributed by atoms with Gasteiger partial charge in [-0.3, -0.25) is 10.7 Å². The van der Waals surface area contributed by atoms with Crippen LogP contribution in [0.3, 0.4) is 0 Å². The highest BCUT2D eigenvalue weighted by Crippen LogP contribution is 2.35. The van der Waals surface area contributed by atoms with Gasteiger partial charge in [-0.25, -0.2) is 18.6 Å². The minimum Gasteiger partial charge on any atom is -0.473 e. The Balaban J connectivity index is 1.40. The minimum absolute atomic E-state index is 0.213. The molecule has 0 spiro atoms. The van der Waals surface area contributed by atoms with Gasteiger partial charge in [0, 0.05) is 42.7 Å². The predicted octanol–water partition coefficient (Wildman–Crippen LogP) is 2.24. The third-order valence-corrected chi connectivity index (χ3v) is 5.05. The predicted molar refractivity (Wildman–Crippen MR) is 115 cm³/mol. The summed E-state index contributed by atoms with van der Waals surface area (Å²) in [5, 5.41) is 4.08. The number of nitrogens with two attached hydrogens (primary N) is 1. The molecule has 33 heavy (non-hydrogen) atoms. The average molecular weight is 470 g/mol. The van der Waals surface area contributed by atoms with E-state index in [9.17, 15) is 4.57 Å². The largest absolute Gasteiger partial charge is 0.473 e. The van der Waals surface area contributed by atoms with Crippen LogP contribution in [-0.4, -0.2) is 24.9 Å². The number of ether oxygens (including phenoxy) is 1. The number of pyridine rings is 3. The molecule has 0 radical (unpaired) electrons. The second kappa shape index (κ2) is 9.88. The lowest BCUT2D eigenvalue weighted by molar-refractivity contribution is -0.711. The maximum atomic E-state index is 10.9. The van der Waals surface area contributed by atoms with Crippen molar-refractivity contribution in [2.75, 3.05) is 5.73 Å². The Labute approximate surface area is 188 Å². The van der Waals surface area contributed by atoms with Crippen LogP contribution in [0.1, 0.15) is 16.8 Å². The number of anilines is 1. The van der Waals surface area contributed by atoms with Crippen molar-refractivity contribution in [1.29, 1.82) is 0 Å². The molecule has 0 bridgehead atoms. The lowest BCUT2D eigenvalue weighted by Crippen LogP contribution is -2.38. The van der Waals surface area contributed by atoms with Crippen molar-refractivity contribution in [1.82, 2.24) is 15.1 Å². The molecule has 0 aliphatic rings. The van der Waals surface area contributed by atoms with Gasteiger partial charge in [-0.15, -0.1) is 0 Å². The van der Waals surface area contributed by atoms with E-state index in [-0.39, 0.29) is 5.82 Å². The first-order valence-corrected chi connectivity index (χ1v) is 11.3. The summed E-state index contributed by atoms with van der Waals surface area (Å²) >= 11 is 0. The number of aromatic nitrogens is 4. The van der Waals surface area contributed by atoms with Gasteiger partial charge < -0.3 is 19.0 Å². The lowest BCUT2D eigenvalue weighted by atomic mass is 10.1. The van der Waals surface area contributed by atoms with E-state index in [0.29, 0.717) is 35.9 Å². The smallest absolute Gasteiger partial charge is 0.472 e. The number of phosphoric acid groups is 1. The van der Waals surface area contributed by atoms with E-state index < -0.39 is 14.6 Å². The van der Waals surface area contributed by atoms with E-state index in [0.717, 1.165) is 11.1 Å². The van der Waals surface area contributed by atoms with E-state index in [1.165, 1.54) is 10.8 Å². The summed E-state index contributed by atoms with van der Waals surface area (Å²) in [6.07, 6.45) is 7.17. The Morgan fingerprint density at radius 3 is 2.73 bits per heavy atom. The molecule has 4 aromatic rings. The zero-order valence-electron chi connectivity index (χ0n) is 17.3. The lowest BCUT2D eigenvalue weighted by Gasteiger charge is -2.07. The zero-order chi connectivity index (χ0) is 23.3. The van der Waals surface area contributed by atoms with Crippen LogP contribution in [-0.2, 0) is 28.8 Å². The summed E-state index contributed by atoms with van der Waals surface area (Å²) in [6.45, 7) is -0.0314. The molecule has 0 aromatic carbocycles. The molecule has 0 aliphatic heterocycles. The standard InChI is InChI=1S/C21H20N5O6P/c22-21-18(4-2-8-26(21)14-31-33(27,28)29)19-10-17(25-32-19)9-15-5-6-20(24-12-15)30-13-16-3-1-7-23-11-16/h1-8,10-12,22H,9,13-14H2,(H2,27,28,29)/p+1. The summed E-state index contributed by atoms with van der Waals surface area (Å²) in [5.41, 5.74) is 9.15. The average Bonchev–Trinajstić information content (AvgIpc) is 3.26. The molecule has 4 rings (SSSR count). The third kappa shape index (κ3) is 6.21. The van der Waals surface area contributed by atoms with Crippen LogP contribution in [0.5, 0.6) is 5.88 Å². The molecule has 4 heterocycles. The molecule has 0 atom stereocenters. The van der Waals surface area contributed by atoms with E-state index in [1.54, 1.807) is 42.9 Å².